The molecule has 0 saturated heterocycles. The second-order valence-corrected chi connectivity index (χ2v) is 7.43. The molecular formula is C16H20ClNS. The first-order valence-corrected chi connectivity index (χ1v) is 7.65. The number of nitrogens with one attached hydrogen (secondary N) is 1. The summed E-state index contributed by atoms with van der Waals surface area (Å²) in [5, 5.41) is 4.23. The van der Waals surface area contributed by atoms with Gasteiger partial charge in [0.1, 0.15) is 0 Å². The summed E-state index contributed by atoms with van der Waals surface area (Å²) in [6, 6.07) is 10.4. The number of hydrogen-bond acceptors (Lipinski definition) is 2. The van der Waals surface area contributed by atoms with Gasteiger partial charge in [0.2, 0.25) is 0 Å². The van der Waals surface area contributed by atoms with E-state index in [1.807, 2.05) is 29.5 Å². The van der Waals surface area contributed by atoms with Crippen LogP contribution in [0.3, 0.4) is 0 Å². The molecule has 0 aliphatic rings. The van der Waals surface area contributed by atoms with Crippen molar-refractivity contribution >= 4 is 28.6 Å². The molecule has 0 atom stereocenters. The molecule has 0 aliphatic carbocycles. The maximum atomic E-state index is 6.03. The summed E-state index contributed by atoms with van der Waals surface area (Å²) in [6.07, 6.45) is 0. The van der Waals surface area contributed by atoms with Crippen molar-refractivity contribution in [2.75, 3.05) is 5.32 Å². The van der Waals surface area contributed by atoms with Crippen LogP contribution in [0.25, 0.3) is 0 Å². The molecule has 1 heterocycles. The number of rotatable bonds is 3. The Bertz CT molecular complexity index is 566. The van der Waals surface area contributed by atoms with Crippen molar-refractivity contribution in [2.45, 2.75) is 39.7 Å². The van der Waals surface area contributed by atoms with Gasteiger partial charge in [0.05, 0.1) is 0 Å². The van der Waals surface area contributed by atoms with Crippen LogP contribution in [0.15, 0.2) is 30.3 Å². The van der Waals surface area contributed by atoms with E-state index < -0.39 is 0 Å². The summed E-state index contributed by atoms with van der Waals surface area (Å²) < 4.78 is 0. The van der Waals surface area contributed by atoms with Gasteiger partial charge in [-0.15, -0.1) is 11.3 Å². The lowest BCUT2D eigenvalue weighted by Gasteiger charge is -2.15. The van der Waals surface area contributed by atoms with E-state index in [0.717, 1.165) is 17.3 Å². The number of anilines is 1. The molecule has 1 N–H and O–H groups in total. The van der Waals surface area contributed by atoms with Gasteiger partial charge in [-0.05, 0) is 42.2 Å². The summed E-state index contributed by atoms with van der Waals surface area (Å²) in [7, 11) is 0. The zero-order valence-electron chi connectivity index (χ0n) is 11.9. The minimum absolute atomic E-state index is 0.231. The summed E-state index contributed by atoms with van der Waals surface area (Å²) in [5.41, 5.74) is 2.56. The molecule has 1 aromatic heterocycles. The van der Waals surface area contributed by atoms with E-state index in [2.05, 4.69) is 45.1 Å². The van der Waals surface area contributed by atoms with Gasteiger partial charge in [-0.25, -0.2) is 0 Å². The molecule has 2 rings (SSSR count). The molecule has 0 spiro atoms. The van der Waals surface area contributed by atoms with Gasteiger partial charge in [-0.2, -0.15) is 0 Å². The quantitative estimate of drug-likeness (QED) is 0.774. The average Bonchev–Trinajstić information content (AvgIpc) is 2.79. The number of thiophene rings is 1. The number of benzene rings is 1. The highest BCUT2D eigenvalue weighted by molar-refractivity contribution is 7.12. The molecule has 0 aliphatic heterocycles. The maximum absolute atomic E-state index is 6.03. The highest BCUT2D eigenvalue weighted by Crippen LogP contribution is 2.30. The Kier molecular flexibility index (Phi) is 4.22. The first-order chi connectivity index (χ1) is 8.86. The van der Waals surface area contributed by atoms with E-state index in [1.54, 1.807) is 0 Å². The van der Waals surface area contributed by atoms with E-state index in [-0.39, 0.29) is 5.41 Å². The van der Waals surface area contributed by atoms with Gasteiger partial charge in [0.15, 0.2) is 0 Å². The Morgan fingerprint density at radius 1 is 1.16 bits per heavy atom. The van der Waals surface area contributed by atoms with Crippen molar-refractivity contribution in [1.82, 2.24) is 0 Å². The third-order valence-electron chi connectivity index (χ3n) is 3.05. The average molecular weight is 294 g/mol. The predicted molar refractivity (Wildman–Crippen MR) is 86.5 cm³/mol. The molecule has 1 aromatic carbocycles. The third kappa shape index (κ3) is 3.74. The summed E-state index contributed by atoms with van der Waals surface area (Å²) >= 11 is 7.90. The van der Waals surface area contributed by atoms with E-state index in [4.69, 9.17) is 11.6 Å². The molecule has 0 saturated carbocycles. The summed E-state index contributed by atoms with van der Waals surface area (Å²) in [6.45, 7) is 9.68. The van der Waals surface area contributed by atoms with Crippen LogP contribution in [0.5, 0.6) is 0 Å². The van der Waals surface area contributed by atoms with Gasteiger partial charge in [-0.1, -0.05) is 38.4 Å². The number of aryl methyl sites for hydroxylation is 1. The smallest absolute Gasteiger partial charge is 0.0494 e. The molecule has 0 unspecified atom stereocenters. The third-order valence-corrected chi connectivity index (χ3v) is 4.80. The van der Waals surface area contributed by atoms with Crippen LogP contribution in [0.4, 0.5) is 5.69 Å². The highest BCUT2D eigenvalue weighted by atomic mass is 35.5. The fourth-order valence-corrected chi connectivity index (χ4v) is 3.02. The Labute approximate surface area is 124 Å². The molecule has 0 amide bonds. The van der Waals surface area contributed by atoms with Crippen LogP contribution >= 0.6 is 22.9 Å². The lowest BCUT2D eigenvalue weighted by molar-refractivity contribution is 0.604. The summed E-state index contributed by atoms with van der Waals surface area (Å²) in [4.78, 5) is 2.77. The van der Waals surface area contributed by atoms with E-state index in [9.17, 15) is 0 Å². The molecule has 0 fully saturated rings. The van der Waals surface area contributed by atoms with E-state index in [1.165, 1.54) is 15.3 Å². The SMILES string of the molecule is Cc1ccc(Cl)cc1NCc1ccc(C(C)(C)C)s1. The van der Waals surface area contributed by atoms with Crippen LogP contribution in [0.2, 0.25) is 5.02 Å². The van der Waals surface area contributed by atoms with Crippen molar-refractivity contribution in [3.8, 4) is 0 Å². The van der Waals surface area contributed by atoms with Crippen LogP contribution < -0.4 is 5.32 Å². The zero-order chi connectivity index (χ0) is 14.0. The second kappa shape index (κ2) is 5.56. The molecule has 3 heteroatoms. The van der Waals surface area contributed by atoms with Crippen LogP contribution in [0, 0.1) is 6.92 Å². The first kappa shape index (κ1) is 14.4. The van der Waals surface area contributed by atoms with E-state index in [0.29, 0.717) is 0 Å². The first-order valence-electron chi connectivity index (χ1n) is 6.45. The Balaban J connectivity index is 2.06. The lowest BCUT2D eigenvalue weighted by Crippen LogP contribution is -2.07. The standard InChI is InChI=1S/C16H20ClNS/c1-11-5-6-12(17)9-14(11)18-10-13-7-8-15(19-13)16(2,3)4/h5-9,18H,10H2,1-4H3. The fraction of sp³-hybridized carbons (Fsp3) is 0.375. The Hall–Kier alpha value is -0.990. The molecule has 0 bridgehead atoms. The van der Waals surface area contributed by atoms with Gasteiger partial charge in [0.25, 0.3) is 0 Å². The molecule has 2 aromatic rings. The van der Waals surface area contributed by atoms with Crippen molar-refractivity contribution in [2.24, 2.45) is 0 Å². The second-order valence-electron chi connectivity index (χ2n) is 5.83. The largest absolute Gasteiger partial charge is 0.380 e. The van der Waals surface area contributed by atoms with Gasteiger partial charge in [0, 0.05) is 27.0 Å². The van der Waals surface area contributed by atoms with Gasteiger partial charge < -0.3 is 5.32 Å². The van der Waals surface area contributed by atoms with Crippen molar-refractivity contribution in [3.63, 3.8) is 0 Å². The monoisotopic (exact) mass is 293 g/mol. The predicted octanol–water partition coefficient (Wildman–Crippen LogP) is 5.62. The highest BCUT2D eigenvalue weighted by Gasteiger charge is 2.15. The molecule has 1 nitrogen and oxygen atoms in total. The van der Waals surface area contributed by atoms with Gasteiger partial charge in [-0.3, -0.25) is 0 Å². The number of halogens is 1. The van der Waals surface area contributed by atoms with Crippen molar-refractivity contribution in [1.29, 1.82) is 0 Å². The van der Waals surface area contributed by atoms with Crippen molar-refractivity contribution < 1.29 is 0 Å². The van der Waals surface area contributed by atoms with Crippen LogP contribution in [-0.2, 0) is 12.0 Å². The maximum Gasteiger partial charge on any atom is 0.0494 e. The van der Waals surface area contributed by atoms with Crippen LogP contribution in [0.1, 0.15) is 36.1 Å². The summed E-state index contributed by atoms with van der Waals surface area (Å²) in [5.74, 6) is 0. The topological polar surface area (TPSA) is 12.0 Å². The number of hydrogen-bond donors (Lipinski definition) is 1. The van der Waals surface area contributed by atoms with Crippen LogP contribution in [-0.4, -0.2) is 0 Å². The molecule has 19 heavy (non-hydrogen) atoms. The molecule has 102 valence electrons. The van der Waals surface area contributed by atoms with Gasteiger partial charge >= 0.3 is 0 Å². The lowest BCUT2D eigenvalue weighted by atomic mass is 9.95. The fourth-order valence-electron chi connectivity index (χ4n) is 1.84. The minimum atomic E-state index is 0.231. The molecular weight excluding hydrogens is 274 g/mol. The molecule has 0 radical (unpaired) electrons. The normalized spacial score (nSPS) is 11.6. The van der Waals surface area contributed by atoms with E-state index >= 15 is 0 Å². The zero-order valence-corrected chi connectivity index (χ0v) is 13.5. The minimum Gasteiger partial charge on any atom is -0.380 e. The van der Waals surface area contributed by atoms with Crippen molar-refractivity contribution in [3.05, 3.63) is 50.7 Å². The Morgan fingerprint density at radius 2 is 1.89 bits per heavy atom. The Morgan fingerprint density at radius 3 is 2.53 bits per heavy atom.